The van der Waals surface area contributed by atoms with Crippen molar-refractivity contribution in [2.24, 2.45) is 5.84 Å². The van der Waals surface area contributed by atoms with E-state index in [1.165, 1.54) is 19.1 Å². The second kappa shape index (κ2) is 7.26. The van der Waals surface area contributed by atoms with Crippen molar-refractivity contribution in [1.82, 2.24) is 9.88 Å². The number of halogens is 3. The van der Waals surface area contributed by atoms with Crippen molar-refractivity contribution in [2.75, 3.05) is 18.5 Å². The molecule has 21 heavy (non-hydrogen) atoms. The van der Waals surface area contributed by atoms with Crippen LogP contribution in [0.25, 0.3) is 0 Å². The predicted octanol–water partition coefficient (Wildman–Crippen LogP) is 2.34. The van der Waals surface area contributed by atoms with Gasteiger partial charge in [0, 0.05) is 17.8 Å². The third-order valence-electron chi connectivity index (χ3n) is 2.82. The highest BCUT2D eigenvalue weighted by atomic mass is 19.4. The summed E-state index contributed by atoms with van der Waals surface area (Å²) in [6.07, 6.45) is -3.02. The van der Waals surface area contributed by atoms with Gasteiger partial charge in [0.2, 0.25) is 0 Å². The van der Waals surface area contributed by atoms with Crippen LogP contribution in [0.15, 0.2) is 12.1 Å². The number of nitrogens with zero attached hydrogens (tertiary/aromatic N) is 2. The highest BCUT2D eigenvalue weighted by Gasteiger charge is 2.32. The maximum atomic E-state index is 12.5. The number of amides is 1. The fourth-order valence-corrected chi connectivity index (χ4v) is 1.90. The van der Waals surface area contributed by atoms with Crippen molar-refractivity contribution >= 4 is 11.7 Å². The highest BCUT2D eigenvalue weighted by molar-refractivity contribution is 5.95. The topological polar surface area (TPSA) is 71.2 Å². The van der Waals surface area contributed by atoms with Crippen LogP contribution in [-0.4, -0.2) is 35.1 Å². The van der Waals surface area contributed by atoms with Crippen LogP contribution in [0.1, 0.15) is 36.3 Å². The number of nitrogen functional groups attached to an aromatic ring is 1. The maximum Gasteiger partial charge on any atom is 0.406 e. The summed E-state index contributed by atoms with van der Waals surface area (Å²) in [4.78, 5) is 17.1. The number of hydrogen-bond donors (Lipinski definition) is 2. The first kappa shape index (κ1) is 17.2. The molecule has 0 aliphatic carbocycles. The Kier molecular flexibility index (Phi) is 5.95. The molecule has 1 amide bonds. The third kappa shape index (κ3) is 5.22. The quantitative estimate of drug-likeness (QED) is 0.625. The van der Waals surface area contributed by atoms with Crippen molar-refractivity contribution in [3.63, 3.8) is 0 Å². The van der Waals surface area contributed by atoms with Gasteiger partial charge in [0.1, 0.15) is 12.4 Å². The number of anilines is 1. The Labute approximate surface area is 121 Å². The van der Waals surface area contributed by atoms with E-state index in [0.29, 0.717) is 12.1 Å². The Balaban J connectivity index is 3.06. The van der Waals surface area contributed by atoms with E-state index in [2.05, 4.69) is 10.4 Å². The van der Waals surface area contributed by atoms with Gasteiger partial charge in [-0.1, -0.05) is 13.3 Å². The molecule has 1 aromatic heterocycles. The SMILES string of the molecule is CCCc1cc(C(=O)N(CC)CC(F)(F)F)cc(NN)n1. The molecule has 0 saturated heterocycles. The predicted molar refractivity (Wildman–Crippen MR) is 73.7 cm³/mol. The fraction of sp³-hybridized carbons (Fsp3) is 0.538. The van der Waals surface area contributed by atoms with Crippen molar-refractivity contribution in [2.45, 2.75) is 32.9 Å². The first-order chi connectivity index (χ1) is 9.80. The summed E-state index contributed by atoms with van der Waals surface area (Å²) >= 11 is 0. The molecule has 0 unspecified atom stereocenters. The zero-order valence-electron chi connectivity index (χ0n) is 12.0. The molecular weight excluding hydrogens is 285 g/mol. The molecule has 0 spiro atoms. The number of nitrogens with two attached hydrogens (primary N) is 1. The Morgan fingerprint density at radius 2 is 2.05 bits per heavy atom. The zero-order valence-corrected chi connectivity index (χ0v) is 12.0. The maximum absolute atomic E-state index is 12.5. The summed E-state index contributed by atoms with van der Waals surface area (Å²) in [5, 5.41) is 0. The molecule has 0 bridgehead atoms. The lowest BCUT2D eigenvalue weighted by Gasteiger charge is -2.22. The molecule has 0 aliphatic heterocycles. The lowest BCUT2D eigenvalue weighted by molar-refractivity contribution is -0.140. The van der Waals surface area contributed by atoms with Crippen LogP contribution >= 0.6 is 0 Å². The molecule has 0 atom stereocenters. The molecule has 0 aromatic carbocycles. The summed E-state index contributed by atoms with van der Waals surface area (Å²) in [6, 6.07) is 2.85. The van der Waals surface area contributed by atoms with Crippen LogP contribution < -0.4 is 11.3 Å². The smallest absolute Gasteiger partial charge is 0.330 e. The minimum atomic E-state index is -4.43. The number of aryl methyl sites for hydroxylation is 1. The van der Waals surface area contributed by atoms with E-state index in [1.54, 1.807) is 0 Å². The second-order valence-electron chi connectivity index (χ2n) is 4.56. The molecule has 3 N–H and O–H groups in total. The fourth-order valence-electron chi connectivity index (χ4n) is 1.90. The van der Waals surface area contributed by atoms with E-state index in [9.17, 15) is 18.0 Å². The van der Waals surface area contributed by atoms with Crippen molar-refractivity contribution < 1.29 is 18.0 Å². The summed E-state index contributed by atoms with van der Waals surface area (Å²) in [6.45, 7) is 2.13. The Morgan fingerprint density at radius 1 is 1.38 bits per heavy atom. The zero-order chi connectivity index (χ0) is 16.0. The van der Waals surface area contributed by atoms with Crippen LogP contribution in [0, 0.1) is 0 Å². The van der Waals surface area contributed by atoms with Gasteiger partial charge in [-0.3, -0.25) is 4.79 Å². The molecule has 5 nitrogen and oxygen atoms in total. The number of hydrogen-bond acceptors (Lipinski definition) is 4. The van der Waals surface area contributed by atoms with Gasteiger partial charge in [-0.05, 0) is 25.5 Å². The van der Waals surface area contributed by atoms with E-state index in [4.69, 9.17) is 5.84 Å². The number of rotatable bonds is 6. The number of aromatic nitrogens is 1. The molecule has 0 radical (unpaired) electrons. The lowest BCUT2D eigenvalue weighted by atomic mass is 10.1. The van der Waals surface area contributed by atoms with Crippen molar-refractivity contribution in [1.29, 1.82) is 0 Å². The van der Waals surface area contributed by atoms with Gasteiger partial charge < -0.3 is 10.3 Å². The number of hydrazine groups is 1. The minimum Gasteiger partial charge on any atom is -0.330 e. The molecule has 8 heteroatoms. The van der Waals surface area contributed by atoms with Crippen LogP contribution in [-0.2, 0) is 6.42 Å². The Bertz CT molecular complexity index is 491. The van der Waals surface area contributed by atoms with Gasteiger partial charge >= 0.3 is 6.18 Å². The van der Waals surface area contributed by atoms with Gasteiger partial charge in [0.15, 0.2) is 0 Å². The number of alkyl halides is 3. The number of nitrogens with one attached hydrogen (secondary N) is 1. The standard InChI is InChI=1S/C13H19F3N4O/c1-3-5-10-6-9(7-11(18-10)19-17)12(21)20(4-2)8-13(14,15)16/h6-7H,3-5,8,17H2,1-2H3,(H,18,19). The van der Waals surface area contributed by atoms with Gasteiger partial charge in [-0.2, -0.15) is 13.2 Å². The van der Waals surface area contributed by atoms with Crippen molar-refractivity contribution in [3.05, 3.63) is 23.4 Å². The van der Waals surface area contributed by atoms with Crippen LogP contribution in [0.2, 0.25) is 0 Å². The molecule has 0 saturated carbocycles. The summed E-state index contributed by atoms with van der Waals surface area (Å²) in [5.74, 6) is 4.84. The highest BCUT2D eigenvalue weighted by Crippen LogP contribution is 2.19. The van der Waals surface area contributed by atoms with Gasteiger partial charge in [0.25, 0.3) is 5.91 Å². The van der Waals surface area contributed by atoms with E-state index in [-0.39, 0.29) is 17.9 Å². The van der Waals surface area contributed by atoms with Crippen LogP contribution in [0.4, 0.5) is 19.0 Å². The number of pyridine rings is 1. The Hall–Kier alpha value is -1.83. The van der Waals surface area contributed by atoms with Gasteiger partial charge in [0.05, 0.1) is 0 Å². The summed E-state index contributed by atoms with van der Waals surface area (Å²) in [5.41, 5.74) is 3.08. The molecule has 1 rings (SSSR count). The van der Waals surface area contributed by atoms with Crippen LogP contribution in [0.3, 0.4) is 0 Å². The minimum absolute atomic E-state index is 0.0326. The molecule has 1 aromatic rings. The molecule has 118 valence electrons. The lowest BCUT2D eigenvalue weighted by Crippen LogP contribution is -2.38. The Morgan fingerprint density at radius 3 is 2.52 bits per heavy atom. The first-order valence-electron chi connectivity index (χ1n) is 6.64. The van der Waals surface area contributed by atoms with E-state index < -0.39 is 18.6 Å². The summed E-state index contributed by atoms with van der Waals surface area (Å²) in [7, 11) is 0. The van der Waals surface area contributed by atoms with Gasteiger partial charge in [-0.15, -0.1) is 0 Å². The summed E-state index contributed by atoms with van der Waals surface area (Å²) < 4.78 is 37.4. The van der Waals surface area contributed by atoms with E-state index in [1.807, 2.05) is 6.92 Å². The van der Waals surface area contributed by atoms with Crippen LogP contribution in [0.5, 0.6) is 0 Å². The molecular formula is C13H19F3N4O. The van der Waals surface area contributed by atoms with Crippen molar-refractivity contribution in [3.8, 4) is 0 Å². The van der Waals surface area contributed by atoms with Gasteiger partial charge in [-0.25, -0.2) is 10.8 Å². The average Bonchev–Trinajstić information content (AvgIpc) is 2.43. The third-order valence-corrected chi connectivity index (χ3v) is 2.82. The first-order valence-corrected chi connectivity index (χ1v) is 6.64. The number of carbonyl (C=O) groups is 1. The van der Waals surface area contributed by atoms with E-state index in [0.717, 1.165) is 11.3 Å². The monoisotopic (exact) mass is 304 g/mol. The molecule has 1 heterocycles. The normalized spacial score (nSPS) is 11.3. The number of carbonyl (C=O) groups excluding carboxylic acids is 1. The second-order valence-corrected chi connectivity index (χ2v) is 4.56. The largest absolute Gasteiger partial charge is 0.406 e. The molecule has 0 aliphatic rings. The molecule has 0 fully saturated rings. The van der Waals surface area contributed by atoms with E-state index >= 15 is 0 Å². The average molecular weight is 304 g/mol.